The fourth-order valence-electron chi connectivity index (χ4n) is 3.05. The molecule has 0 saturated carbocycles. The van der Waals surface area contributed by atoms with Crippen LogP contribution in [0.4, 0.5) is 5.69 Å². The van der Waals surface area contributed by atoms with Crippen molar-refractivity contribution in [2.75, 3.05) is 11.9 Å². The van der Waals surface area contributed by atoms with Gasteiger partial charge < -0.3 is 14.6 Å². The van der Waals surface area contributed by atoms with E-state index in [1.54, 1.807) is 37.4 Å². The Kier molecular flexibility index (Phi) is 6.47. The molecule has 0 fully saturated rings. The number of anilines is 1. The SMILES string of the molecule is CCOC(=O)c1ccc(NC(=O)c2ccc(=O)n(Cc3cc(C)ccc3C)c2)cc1. The van der Waals surface area contributed by atoms with Gasteiger partial charge in [0.15, 0.2) is 0 Å². The number of nitrogens with one attached hydrogen (secondary N) is 1. The number of hydrogen-bond donors (Lipinski definition) is 1. The lowest BCUT2D eigenvalue weighted by atomic mass is 10.1. The third-order valence-electron chi connectivity index (χ3n) is 4.74. The number of hydrogen-bond acceptors (Lipinski definition) is 4. The van der Waals surface area contributed by atoms with E-state index in [-0.39, 0.29) is 11.5 Å². The van der Waals surface area contributed by atoms with E-state index in [4.69, 9.17) is 4.74 Å². The molecule has 0 saturated heterocycles. The normalized spacial score (nSPS) is 10.5. The molecule has 0 bridgehead atoms. The van der Waals surface area contributed by atoms with Crippen LogP contribution in [0.2, 0.25) is 0 Å². The molecule has 154 valence electrons. The molecule has 1 heterocycles. The van der Waals surface area contributed by atoms with Crippen molar-refractivity contribution in [2.24, 2.45) is 0 Å². The van der Waals surface area contributed by atoms with Crippen LogP contribution in [0.25, 0.3) is 0 Å². The zero-order valence-corrected chi connectivity index (χ0v) is 17.3. The molecule has 30 heavy (non-hydrogen) atoms. The average Bonchev–Trinajstić information content (AvgIpc) is 2.73. The Morgan fingerprint density at radius 3 is 2.37 bits per heavy atom. The maximum atomic E-state index is 12.7. The molecule has 6 heteroatoms. The van der Waals surface area contributed by atoms with Crippen LogP contribution >= 0.6 is 0 Å². The highest BCUT2D eigenvalue weighted by atomic mass is 16.5. The summed E-state index contributed by atoms with van der Waals surface area (Å²) in [5, 5.41) is 2.78. The smallest absolute Gasteiger partial charge is 0.338 e. The van der Waals surface area contributed by atoms with Gasteiger partial charge in [-0.3, -0.25) is 9.59 Å². The summed E-state index contributed by atoms with van der Waals surface area (Å²) in [6.45, 7) is 6.43. The molecule has 0 radical (unpaired) electrons. The van der Waals surface area contributed by atoms with Gasteiger partial charge in [0, 0.05) is 18.0 Å². The van der Waals surface area contributed by atoms with Crippen LogP contribution in [0.1, 0.15) is 44.3 Å². The molecule has 1 N–H and O–H groups in total. The monoisotopic (exact) mass is 404 g/mol. The molecule has 0 atom stereocenters. The van der Waals surface area contributed by atoms with Gasteiger partial charge in [0.25, 0.3) is 11.5 Å². The largest absolute Gasteiger partial charge is 0.462 e. The fraction of sp³-hybridized carbons (Fsp3) is 0.208. The molecule has 3 rings (SSSR count). The lowest BCUT2D eigenvalue weighted by Crippen LogP contribution is -2.23. The molecule has 3 aromatic rings. The molecule has 2 aromatic carbocycles. The zero-order valence-electron chi connectivity index (χ0n) is 17.3. The van der Waals surface area contributed by atoms with Gasteiger partial charge in [0.1, 0.15) is 0 Å². The highest BCUT2D eigenvalue weighted by Crippen LogP contribution is 2.14. The third-order valence-corrected chi connectivity index (χ3v) is 4.74. The Bertz CT molecular complexity index is 1130. The first kappa shape index (κ1) is 21.0. The summed E-state index contributed by atoms with van der Waals surface area (Å²) in [7, 11) is 0. The molecule has 0 aliphatic carbocycles. The number of esters is 1. The Balaban J connectivity index is 1.77. The van der Waals surface area contributed by atoms with Gasteiger partial charge in [-0.2, -0.15) is 0 Å². The van der Waals surface area contributed by atoms with Crippen molar-refractivity contribution in [1.82, 2.24) is 4.57 Å². The van der Waals surface area contributed by atoms with E-state index in [0.29, 0.717) is 30.0 Å². The minimum absolute atomic E-state index is 0.175. The average molecular weight is 404 g/mol. The molecular formula is C24H24N2O4. The van der Waals surface area contributed by atoms with Crippen molar-refractivity contribution < 1.29 is 14.3 Å². The maximum Gasteiger partial charge on any atom is 0.338 e. The van der Waals surface area contributed by atoms with Gasteiger partial charge in [-0.25, -0.2) is 4.79 Å². The lowest BCUT2D eigenvalue weighted by molar-refractivity contribution is 0.0526. The van der Waals surface area contributed by atoms with Gasteiger partial charge in [-0.1, -0.05) is 23.8 Å². The van der Waals surface area contributed by atoms with Gasteiger partial charge >= 0.3 is 5.97 Å². The Morgan fingerprint density at radius 2 is 1.67 bits per heavy atom. The van der Waals surface area contributed by atoms with E-state index < -0.39 is 5.97 Å². The number of nitrogens with zero attached hydrogens (tertiary/aromatic N) is 1. The first-order valence-electron chi connectivity index (χ1n) is 9.72. The van der Waals surface area contributed by atoms with Gasteiger partial charge in [0.05, 0.1) is 24.3 Å². The Labute approximate surface area is 175 Å². The maximum absolute atomic E-state index is 12.7. The number of carbonyl (C=O) groups is 2. The van der Waals surface area contributed by atoms with Crippen LogP contribution in [0.15, 0.2) is 65.6 Å². The fourth-order valence-corrected chi connectivity index (χ4v) is 3.05. The number of aryl methyl sites for hydroxylation is 2. The summed E-state index contributed by atoms with van der Waals surface area (Å²) in [6.07, 6.45) is 1.56. The number of carbonyl (C=O) groups excluding carboxylic acids is 2. The van der Waals surface area contributed by atoms with E-state index in [0.717, 1.165) is 16.7 Å². The Morgan fingerprint density at radius 1 is 0.967 bits per heavy atom. The number of ether oxygens (including phenoxy) is 1. The molecular weight excluding hydrogens is 380 g/mol. The molecule has 6 nitrogen and oxygen atoms in total. The third kappa shape index (κ3) is 5.03. The predicted molar refractivity (Wildman–Crippen MR) is 116 cm³/mol. The number of aromatic nitrogens is 1. The number of benzene rings is 2. The topological polar surface area (TPSA) is 77.4 Å². The van der Waals surface area contributed by atoms with E-state index in [1.165, 1.54) is 16.7 Å². The van der Waals surface area contributed by atoms with Crippen molar-refractivity contribution in [3.05, 3.63) is 99.0 Å². The summed E-state index contributed by atoms with van der Waals surface area (Å²) in [5.41, 5.74) is 4.38. The van der Waals surface area contributed by atoms with Crippen LogP contribution in [0.5, 0.6) is 0 Å². The van der Waals surface area contributed by atoms with Crippen molar-refractivity contribution in [2.45, 2.75) is 27.3 Å². The lowest BCUT2D eigenvalue weighted by Gasteiger charge is -2.12. The van der Waals surface area contributed by atoms with E-state index in [9.17, 15) is 14.4 Å². The molecule has 0 aliphatic heterocycles. The number of amides is 1. The van der Waals surface area contributed by atoms with Crippen molar-refractivity contribution >= 4 is 17.6 Å². The first-order chi connectivity index (χ1) is 14.4. The van der Waals surface area contributed by atoms with E-state index in [1.807, 2.05) is 32.0 Å². The second kappa shape index (κ2) is 9.22. The minimum atomic E-state index is -0.408. The van der Waals surface area contributed by atoms with Gasteiger partial charge in [0.2, 0.25) is 0 Å². The van der Waals surface area contributed by atoms with E-state index in [2.05, 4.69) is 5.32 Å². The van der Waals surface area contributed by atoms with Crippen LogP contribution in [-0.4, -0.2) is 23.1 Å². The predicted octanol–water partition coefficient (Wildman–Crippen LogP) is 3.94. The quantitative estimate of drug-likeness (QED) is 0.631. The molecule has 0 spiro atoms. The van der Waals surface area contributed by atoms with Crippen molar-refractivity contribution in [3.63, 3.8) is 0 Å². The summed E-state index contributed by atoms with van der Waals surface area (Å²) < 4.78 is 6.48. The van der Waals surface area contributed by atoms with Gasteiger partial charge in [-0.05, 0) is 62.2 Å². The first-order valence-corrected chi connectivity index (χ1v) is 9.72. The molecule has 1 amide bonds. The highest BCUT2D eigenvalue weighted by molar-refractivity contribution is 6.04. The second-order valence-electron chi connectivity index (χ2n) is 7.07. The second-order valence-corrected chi connectivity index (χ2v) is 7.07. The molecule has 0 unspecified atom stereocenters. The van der Waals surface area contributed by atoms with E-state index >= 15 is 0 Å². The highest BCUT2D eigenvalue weighted by Gasteiger charge is 2.11. The van der Waals surface area contributed by atoms with Crippen LogP contribution in [0.3, 0.4) is 0 Å². The summed E-state index contributed by atoms with van der Waals surface area (Å²) in [6, 6.07) is 15.4. The molecule has 1 aromatic heterocycles. The molecule has 0 aliphatic rings. The van der Waals surface area contributed by atoms with Gasteiger partial charge in [-0.15, -0.1) is 0 Å². The minimum Gasteiger partial charge on any atom is -0.462 e. The summed E-state index contributed by atoms with van der Waals surface area (Å²) in [5.74, 6) is -0.748. The van der Waals surface area contributed by atoms with Crippen LogP contribution in [0, 0.1) is 13.8 Å². The van der Waals surface area contributed by atoms with Crippen LogP contribution in [-0.2, 0) is 11.3 Å². The number of rotatable bonds is 6. The summed E-state index contributed by atoms with van der Waals surface area (Å²) in [4.78, 5) is 36.7. The number of pyridine rings is 1. The van der Waals surface area contributed by atoms with Crippen molar-refractivity contribution in [3.8, 4) is 0 Å². The zero-order chi connectivity index (χ0) is 21.7. The summed E-state index contributed by atoms with van der Waals surface area (Å²) >= 11 is 0. The Hall–Kier alpha value is -3.67. The van der Waals surface area contributed by atoms with Crippen molar-refractivity contribution in [1.29, 1.82) is 0 Å². The van der Waals surface area contributed by atoms with Crippen LogP contribution < -0.4 is 10.9 Å². The standard InChI is InChI=1S/C24H24N2O4/c1-4-30-24(29)18-7-10-21(11-8-18)25-23(28)19-9-12-22(27)26(14-19)15-20-13-16(2)5-6-17(20)3/h5-14H,4,15H2,1-3H3,(H,25,28).